The van der Waals surface area contributed by atoms with Crippen LogP contribution in [0.15, 0.2) is 61.1 Å². The predicted octanol–water partition coefficient (Wildman–Crippen LogP) is 5.34. The van der Waals surface area contributed by atoms with E-state index in [-0.39, 0.29) is 24.0 Å². The number of carbonyl (C=O) groups excluding carboxylic acids is 1. The SMILES string of the molecule is COc1ccc([C@@H](C)N2CC([C@@H](C)Oc3cc(-c4cc5c(cnn5C)s4)cn4nccc34)CC2=O)cc1. The smallest absolute Gasteiger partial charge is 0.223 e. The zero-order valence-corrected chi connectivity index (χ0v) is 22.1. The van der Waals surface area contributed by atoms with Gasteiger partial charge < -0.3 is 14.4 Å². The van der Waals surface area contributed by atoms with E-state index >= 15 is 0 Å². The first-order valence-electron chi connectivity index (χ1n) is 12.4. The van der Waals surface area contributed by atoms with Gasteiger partial charge in [0, 0.05) is 42.6 Å². The minimum absolute atomic E-state index is 0.0112. The Bertz CT molecular complexity index is 1580. The number of carbonyl (C=O) groups is 1. The highest BCUT2D eigenvalue weighted by Gasteiger charge is 2.37. The molecule has 0 N–H and O–H groups in total. The third-order valence-electron chi connectivity index (χ3n) is 7.42. The van der Waals surface area contributed by atoms with E-state index in [1.54, 1.807) is 24.6 Å². The highest BCUT2D eigenvalue weighted by molar-refractivity contribution is 7.22. The molecule has 0 spiro atoms. The van der Waals surface area contributed by atoms with Gasteiger partial charge in [-0.15, -0.1) is 11.3 Å². The number of aryl methyl sites for hydroxylation is 1. The molecule has 0 radical (unpaired) electrons. The molecule has 8 nitrogen and oxygen atoms in total. The Hall–Kier alpha value is -3.85. The Kier molecular flexibility index (Phi) is 5.87. The molecule has 3 atom stereocenters. The molecule has 5 heterocycles. The summed E-state index contributed by atoms with van der Waals surface area (Å²) in [7, 11) is 3.61. The minimum Gasteiger partial charge on any atom is -0.497 e. The number of ether oxygens (including phenoxy) is 2. The van der Waals surface area contributed by atoms with Crippen molar-refractivity contribution in [1.82, 2.24) is 24.3 Å². The number of hydrogen-bond acceptors (Lipinski definition) is 6. The first-order valence-corrected chi connectivity index (χ1v) is 13.2. The molecule has 37 heavy (non-hydrogen) atoms. The van der Waals surface area contributed by atoms with Crippen molar-refractivity contribution < 1.29 is 14.3 Å². The maximum Gasteiger partial charge on any atom is 0.223 e. The lowest BCUT2D eigenvalue weighted by molar-refractivity contribution is -0.129. The van der Waals surface area contributed by atoms with E-state index in [9.17, 15) is 4.79 Å². The molecule has 0 saturated carbocycles. The maximum atomic E-state index is 13.0. The van der Waals surface area contributed by atoms with E-state index in [1.807, 2.05) is 63.9 Å². The molecule has 1 aromatic carbocycles. The molecule has 1 saturated heterocycles. The van der Waals surface area contributed by atoms with Gasteiger partial charge in [-0.2, -0.15) is 10.2 Å². The topological polar surface area (TPSA) is 73.9 Å². The molecule has 1 amide bonds. The summed E-state index contributed by atoms with van der Waals surface area (Å²) in [6, 6.07) is 14.1. The molecule has 6 rings (SSSR count). The van der Waals surface area contributed by atoms with Crippen LogP contribution in [0.5, 0.6) is 11.5 Å². The minimum atomic E-state index is -0.141. The van der Waals surface area contributed by atoms with Gasteiger partial charge in [0.2, 0.25) is 5.91 Å². The standard InChI is InChI=1S/C28H29N5O3S/c1-17(19-5-7-22(35-4)8-6-19)32-15-20(12-28(32)34)18(2)36-25-11-21(16-33-23(25)9-10-29-33)26-13-24-27(37-26)14-30-31(24)3/h5-11,13-14,16-18,20H,12,15H2,1-4H3/t17-,18-,20?/m1/s1. The van der Waals surface area contributed by atoms with Crippen LogP contribution in [0.2, 0.25) is 0 Å². The third-order valence-corrected chi connectivity index (χ3v) is 8.53. The van der Waals surface area contributed by atoms with Crippen LogP contribution in [0.3, 0.4) is 0 Å². The first kappa shape index (κ1) is 23.5. The van der Waals surface area contributed by atoms with E-state index in [0.717, 1.165) is 43.2 Å². The summed E-state index contributed by atoms with van der Waals surface area (Å²) in [5.74, 6) is 1.83. The summed E-state index contributed by atoms with van der Waals surface area (Å²) in [6.45, 7) is 4.79. The monoisotopic (exact) mass is 515 g/mol. The number of rotatable bonds is 7. The lowest BCUT2D eigenvalue weighted by Gasteiger charge is -2.27. The average molecular weight is 516 g/mol. The Morgan fingerprint density at radius 1 is 1.08 bits per heavy atom. The number of methoxy groups -OCH3 is 1. The Labute approximate surface area is 219 Å². The number of fused-ring (bicyclic) bond motifs is 2. The summed E-state index contributed by atoms with van der Waals surface area (Å²) < 4.78 is 16.7. The van der Waals surface area contributed by atoms with E-state index < -0.39 is 0 Å². The van der Waals surface area contributed by atoms with Crippen molar-refractivity contribution in [3.05, 3.63) is 66.6 Å². The van der Waals surface area contributed by atoms with Gasteiger partial charge in [-0.25, -0.2) is 4.52 Å². The van der Waals surface area contributed by atoms with Crippen LogP contribution in [0.25, 0.3) is 26.2 Å². The van der Waals surface area contributed by atoms with E-state index in [1.165, 1.54) is 0 Å². The molecule has 9 heteroatoms. The number of benzene rings is 1. The first-order chi connectivity index (χ1) is 17.9. The number of amides is 1. The summed E-state index contributed by atoms with van der Waals surface area (Å²) in [5, 5.41) is 8.81. The van der Waals surface area contributed by atoms with Crippen LogP contribution in [0, 0.1) is 5.92 Å². The van der Waals surface area contributed by atoms with Crippen LogP contribution in [0.4, 0.5) is 0 Å². The molecule has 4 aromatic heterocycles. The maximum absolute atomic E-state index is 13.0. The van der Waals surface area contributed by atoms with Crippen molar-refractivity contribution >= 4 is 33.0 Å². The van der Waals surface area contributed by atoms with Crippen LogP contribution >= 0.6 is 11.3 Å². The molecule has 5 aromatic rings. The largest absolute Gasteiger partial charge is 0.497 e. The van der Waals surface area contributed by atoms with Crippen molar-refractivity contribution in [2.24, 2.45) is 13.0 Å². The Morgan fingerprint density at radius 3 is 2.65 bits per heavy atom. The molecular formula is C28H29N5O3S. The number of aromatic nitrogens is 4. The molecule has 0 aliphatic carbocycles. The number of nitrogens with zero attached hydrogens (tertiary/aromatic N) is 5. The average Bonchev–Trinajstić information content (AvgIpc) is 3.69. The fraction of sp³-hybridized carbons (Fsp3) is 0.321. The van der Waals surface area contributed by atoms with Gasteiger partial charge >= 0.3 is 0 Å². The van der Waals surface area contributed by atoms with Crippen LogP contribution in [-0.4, -0.2) is 50.0 Å². The second kappa shape index (κ2) is 9.23. The fourth-order valence-corrected chi connectivity index (χ4v) is 6.15. The van der Waals surface area contributed by atoms with Crippen LogP contribution in [-0.2, 0) is 11.8 Å². The lowest BCUT2D eigenvalue weighted by Crippen LogP contribution is -2.31. The molecule has 1 aliphatic heterocycles. The molecule has 0 bridgehead atoms. The highest BCUT2D eigenvalue weighted by Crippen LogP contribution is 2.37. The van der Waals surface area contributed by atoms with Gasteiger partial charge in [-0.05, 0) is 49.7 Å². The zero-order chi connectivity index (χ0) is 25.7. The number of thiophene rings is 1. The van der Waals surface area contributed by atoms with Crippen molar-refractivity contribution in [2.75, 3.05) is 13.7 Å². The molecule has 1 unspecified atom stereocenters. The van der Waals surface area contributed by atoms with Crippen LogP contribution < -0.4 is 9.47 Å². The number of likely N-dealkylation sites (tertiary alicyclic amines) is 1. The third kappa shape index (κ3) is 4.23. The van der Waals surface area contributed by atoms with Gasteiger partial charge in [-0.1, -0.05) is 12.1 Å². The van der Waals surface area contributed by atoms with E-state index in [2.05, 4.69) is 36.2 Å². The summed E-state index contributed by atoms with van der Waals surface area (Å²) >= 11 is 1.70. The van der Waals surface area contributed by atoms with E-state index in [4.69, 9.17) is 9.47 Å². The highest BCUT2D eigenvalue weighted by atomic mass is 32.1. The number of pyridine rings is 1. The Morgan fingerprint density at radius 2 is 1.89 bits per heavy atom. The molecule has 190 valence electrons. The van der Waals surface area contributed by atoms with Gasteiger partial charge in [0.15, 0.2) is 0 Å². The van der Waals surface area contributed by atoms with Crippen molar-refractivity contribution in [2.45, 2.75) is 32.4 Å². The second-order valence-electron chi connectivity index (χ2n) is 9.66. The Balaban J connectivity index is 1.23. The molecular weight excluding hydrogens is 486 g/mol. The molecule has 1 aliphatic rings. The quantitative estimate of drug-likeness (QED) is 0.293. The van der Waals surface area contributed by atoms with Crippen molar-refractivity contribution in [1.29, 1.82) is 0 Å². The normalized spacial score (nSPS) is 17.6. The fourth-order valence-electron chi connectivity index (χ4n) is 5.12. The second-order valence-corrected chi connectivity index (χ2v) is 10.7. The van der Waals surface area contributed by atoms with Crippen molar-refractivity contribution in [3.63, 3.8) is 0 Å². The zero-order valence-electron chi connectivity index (χ0n) is 21.3. The molecule has 1 fully saturated rings. The van der Waals surface area contributed by atoms with Crippen LogP contribution in [0.1, 0.15) is 31.9 Å². The summed E-state index contributed by atoms with van der Waals surface area (Å²) in [4.78, 5) is 16.1. The predicted molar refractivity (Wildman–Crippen MR) is 144 cm³/mol. The van der Waals surface area contributed by atoms with Crippen molar-refractivity contribution in [3.8, 4) is 21.9 Å². The number of hydrogen-bond donors (Lipinski definition) is 0. The van der Waals surface area contributed by atoms with E-state index in [0.29, 0.717) is 13.0 Å². The van der Waals surface area contributed by atoms with Gasteiger partial charge in [0.05, 0.1) is 35.8 Å². The lowest BCUT2D eigenvalue weighted by atomic mass is 10.0. The summed E-state index contributed by atoms with van der Waals surface area (Å²) in [6.07, 6.45) is 6.04. The van der Waals surface area contributed by atoms with Gasteiger partial charge in [0.1, 0.15) is 23.1 Å². The summed E-state index contributed by atoms with van der Waals surface area (Å²) in [5.41, 5.74) is 4.14. The van der Waals surface area contributed by atoms with Gasteiger partial charge in [-0.3, -0.25) is 9.48 Å². The van der Waals surface area contributed by atoms with Gasteiger partial charge in [0.25, 0.3) is 0 Å².